The van der Waals surface area contributed by atoms with Crippen LogP contribution in [-0.4, -0.2) is 108 Å². The van der Waals surface area contributed by atoms with Gasteiger partial charge in [0.2, 0.25) is 0 Å². The second-order valence-corrected chi connectivity index (χ2v) is 12.6. The lowest BCUT2D eigenvalue weighted by molar-refractivity contribution is -0.286. The number of nitrogens with two attached hydrogens (primary N) is 1. The molecule has 0 spiro atoms. The number of aliphatic hydroxyl groups is 3. The Balaban J connectivity index is 1.27. The Kier molecular flexibility index (Phi) is 12.8. The van der Waals surface area contributed by atoms with Gasteiger partial charge in [-0.25, -0.2) is 4.79 Å². The normalized spacial score (nSPS) is 40.3. The molecule has 1 saturated heterocycles. The Morgan fingerprint density at radius 3 is 2.36 bits per heavy atom. The van der Waals surface area contributed by atoms with Gasteiger partial charge in [0.25, 0.3) is 0 Å². The Morgan fingerprint density at radius 1 is 0.915 bits per heavy atom. The first-order valence-electron chi connectivity index (χ1n) is 16.7. The van der Waals surface area contributed by atoms with Crippen LogP contribution < -0.4 is 11.1 Å². The minimum absolute atomic E-state index is 0.0960. The number of hydrogen-bond donors (Lipinski definition) is 5. The molecule has 0 radical (unpaired) electrons. The smallest absolute Gasteiger partial charge is 0.408 e. The maximum absolute atomic E-state index is 12.8. The second kappa shape index (κ2) is 16.8. The highest BCUT2D eigenvalue weighted by Crippen LogP contribution is 2.36. The summed E-state index contributed by atoms with van der Waals surface area (Å²) < 4.78 is 42.4. The topological polar surface area (TPSA) is 180 Å². The van der Waals surface area contributed by atoms with E-state index >= 15 is 0 Å². The van der Waals surface area contributed by atoms with Crippen LogP contribution >= 0.6 is 0 Å². The van der Waals surface area contributed by atoms with Crippen molar-refractivity contribution in [1.82, 2.24) is 5.32 Å². The molecule has 3 aliphatic heterocycles. The predicted molar refractivity (Wildman–Crippen MR) is 168 cm³/mol. The van der Waals surface area contributed by atoms with E-state index in [2.05, 4.69) is 5.32 Å². The third kappa shape index (κ3) is 8.98. The molecule has 1 aliphatic carbocycles. The van der Waals surface area contributed by atoms with Gasteiger partial charge in [-0.1, -0.05) is 75.4 Å². The molecule has 6 N–H and O–H groups in total. The van der Waals surface area contributed by atoms with Gasteiger partial charge in [0, 0.05) is 12.5 Å². The van der Waals surface area contributed by atoms with Gasteiger partial charge < -0.3 is 59.5 Å². The summed E-state index contributed by atoms with van der Waals surface area (Å²) in [6.45, 7) is 5.55. The predicted octanol–water partition coefficient (Wildman–Crippen LogP) is 2.02. The molecular weight excluding hydrogens is 612 g/mol. The highest BCUT2D eigenvalue weighted by molar-refractivity contribution is 5.68. The molecule has 0 bridgehead atoms. The maximum atomic E-state index is 12.8. The lowest BCUT2D eigenvalue weighted by atomic mass is 9.80. The number of rotatable bonds is 12. The fourth-order valence-electron chi connectivity index (χ4n) is 6.41. The van der Waals surface area contributed by atoms with E-state index in [4.69, 9.17) is 38.9 Å². The van der Waals surface area contributed by atoms with Crippen LogP contribution in [-0.2, 0) is 39.8 Å². The van der Waals surface area contributed by atoms with Gasteiger partial charge in [-0.2, -0.15) is 0 Å². The molecule has 5 rings (SSSR count). The average molecular weight is 663 g/mol. The van der Waals surface area contributed by atoms with Gasteiger partial charge in [0.15, 0.2) is 18.9 Å². The van der Waals surface area contributed by atoms with E-state index in [0.717, 1.165) is 12.0 Å². The number of carbonyl (C=O) groups excluding carboxylic acids is 1. The molecule has 262 valence electrons. The molecule has 1 amide bonds. The minimum atomic E-state index is -1.31. The summed E-state index contributed by atoms with van der Waals surface area (Å²) in [6, 6.07) is 7.99. The average Bonchev–Trinajstić information content (AvgIpc) is 3.38. The molecule has 2 fully saturated rings. The summed E-state index contributed by atoms with van der Waals surface area (Å²) in [5.41, 5.74) is 7.17. The molecular formula is C34H50N2O11. The highest BCUT2D eigenvalue weighted by Gasteiger charge is 2.52. The standard InChI is InChI=1S/C34H50N2O11/c1-4-21-12-9-13-26(42-21)45-30-25(17-37)44-33(28(30)39)47-31-27(38)23(35)16-19(3)29(31)46-32-24(15-14-22(5-2)43-32)36-34(40)41-18-20-10-7-6-8-11-20/h6-12,14-15,19,21-33,37-39H,4-5,13,16-18,35H2,1-3H3,(H,36,40). The van der Waals surface area contributed by atoms with E-state index < -0.39 is 80.3 Å². The summed E-state index contributed by atoms with van der Waals surface area (Å²) in [7, 11) is 0. The van der Waals surface area contributed by atoms with Crippen LogP contribution in [0.4, 0.5) is 4.79 Å². The SMILES string of the molecule is CCC1C=CCC(OC2C(CO)OC(OC3C(O)C(N)CC(C)C3OC3OC(CC)C=CC3NC(=O)OCc3ccccc3)C2O)O1. The van der Waals surface area contributed by atoms with Crippen LogP contribution in [0.1, 0.15) is 52.0 Å². The zero-order valence-electron chi connectivity index (χ0n) is 27.2. The zero-order valence-corrected chi connectivity index (χ0v) is 27.2. The first kappa shape index (κ1) is 35.9. The van der Waals surface area contributed by atoms with Crippen molar-refractivity contribution < 1.29 is 53.3 Å². The third-order valence-corrected chi connectivity index (χ3v) is 9.11. The lowest BCUT2D eigenvalue weighted by Crippen LogP contribution is -2.61. The first-order valence-corrected chi connectivity index (χ1v) is 16.7. The number of nitrogens with one attached hydrogen (secondary N) is 1. The summed E-state index contributed by atoms with van der Waals surface area (Å²) in [5, 5.41) is 35.5. The summed E-state index contributed by atoms with van der Waals surface area (Å²) >= 11 is 0. The van der Waals surface area contributed by atoms with Gasteiger partial charge >= 0.3 is 6.09 Å². The number of amides is 1. The number of ether oxygens (including phenoxy) is 7. The third-order valence-electron chi connectivity index (χ3n) is 9.11. The lowest BCUT2D eigenvalue weighted by Gasteiger charge is -2.45. The van der Waals surface area contributed by atoms with E-state index in [0.29, 0.717) is 19.3 Å². The molecule has 14 unspecified atom stereocenters. The van der Waals surface area contributed by atoms with Gasteiger partial charge in [0.1, 0.15) is 37.1 Å². The number of alkyl carbamates (subject to hydrolysis) is 1. The zero-order chi connectivity index (χ0) is 33.5. The monoisotopic (exact) mass is 662 g/mol. The Morgan fingerprint density at radius 2 is 1.64 bits per heavy atom. The van der Waals surface area contributed by atoms with Gasteiger partial charge in [0.05, 0.1) is 31.0 Å². The molecule has 4 aliphatic rings. The maximum Gasteiger partial charge on any atom is 0.408 e. The largest absolute Gasteiger partial charge is 0.445 e. The van der Waals surface area contributed by atoms with E-state index in [-0.39, 0.29) is 24.7 Å². The Hall–Kier alpha value is -2.43. The number of hydrogen-bond acceptors (Lipinski definition) is 12. The summed E-state index contributed by atoms with van der Waals surface area (Å²) in [5.74, 6) is -0.216. The van der Waals surface area contributed by atoms with Crippen molar-refractivity contribution in [3.63, 3.8) is 0 Å². The van der Waals surface area contributed by atoms with E-state index in [1.165, 1.54) is 0 Å². The first-order chi connectivity index (χ1) is 22.7. The van der Waals surface area contributed by atoms with Crippen molar-refractivity contribution in [2.45, 2.75) is 133 Å². The summed E-state index contributed by atoms with van der Waals surface area (Å²) in [4.78, 5) is 12.8. The number of aliphatic hydroxyl groups excluding tert-OH is 3. The molecule has 1 aromatic carbocycles. The van der Waals surface area contributed by atoms with Crippen LogP contribution in [0.5, 0.6) is 0 Å². The fourth-order valence-corrected chi connectivity index (χ4v) is 6.41. The van der Waals surface area contributed by atoms with Gasteiger partial charge in [-0.3, -0.25) is 0 Å². The fraction of sp³-hybridized carbons (Fsp3) is 0.676. The molecule has 13 nitrogen and oxygen atoms in total. The van der Waals surface area contributed by atoms with Crippen molar-refractivity contribution in [3.05, 3.63) is 60.2 Å². The van der Waals surface area contributed by atoms with E-state index in [1.807, 2.05) is 69.3 Å². The van der Waals surface area contributed by atoms with Crippen molar-refractivity contribution in [2.24, 2.45) is 11.7 Å². The Labute approximate surface area is 275 Å². The molecule has 1 saturated carbocycles. The number of benzene rings is 1. The van der Waals surface area contributed by atoms with E-state index in [1.54, 1.807) is 6.08 Å². The van der Waals surface area contributed by atoms with Gasteiger partial charge in [-0.15, -0.1) is 0 Å². The van der Waals surface area contributed by atoms with Crippen molar-refractivity contribution >= 4 is 6.09 Å². The number of carbonyl (C=O) groups is 1. The van der Waals surface area contributed by atoms with Crippen LogP contribution in [0.25, 0.3) is 0 Å². The molecule has 3 heterocycles. The minimum Gasteiger partial charge on any atom is -0.445 e. The second-order valence-electron chi connectivity index (χ2n) is 12.6. The van der Waals surface area contributed by atoms with Crippen molar-refractivity contribution in [1.29, 1.82) is 0 Å². The van der Waals surface area contributed by atoms with Crippen molar-refractivity contribution in [2.75, 3.05) is 6.61 Å². The van der Waals surface area contributed by atoms with Crippen LogP contribution in [0, 0.1) is 5.92 Å². The van der Waals surface area contributed by atoms with Crippen LogP contribution in [0.2, 0.25) is 0 Å². The summed E-state index contributed by atoms with van der Waals surface area (Å²) in [6.07, 6.45) is -0.0958. The molecule has 13 heteroatoms. The van der Waals surface area contributed by atoms with E-state index in [9.17, 15) is 20.1 Å². The van der Waals surface area contributed by atoms with Crippen molar-refractivity contribution in [3.8, 4) is 0 Å². The highest BCUT2D eigenvalue weighted by atomic mass is 16.8. The molecule has 14 atom stereocenters. The van der Waals surface area contributed by atoms with Crippen LogP contribution in [0.3, 0.4) is 0 Å². The molecule has 0 aromatic heterocycles. The van der Waals surface area contributed by atoms with Gasteiger partial charge in [-0.05, 0) is 30.7 Å². The Bertz CT molecular complexity index is 1190. The quantitative estimate of drug-likeness (QED) is 0.206. The molecule has 1 aromatic rings. The molecule has 47 heavy (non-hydrogen) atoms. The van der Waals surface area contributed by atoms with Crippen LogP contribution in [0.15, 0.2) is 54.6 Å².